The molecule has 0 spiro atoms. The zero-order valence-electron chi connectivity index (χ0n) is 11.0. The molecule has 0 aromatic carbocycles. The molecule has 2 heterocycles. The molecule has 0 bridgehead atoms. The van der Waals surface area contributed by atoms with E-state index < -0.39 is 0 Å². The lowest BCUT2D eigenvalue weighted by atomic mass is 10.1. The van der Waals surface area contributed by atoms with E-state index in [1.807, 2.05) is 0 Å². The fourth-order valence-electron chi connectivity index (χ4n) is 2.13. The molecule has 0 unspecified atom stereocenters. The summed E-state index contributed by atoms with van der Waals surface area (Å²) in [4.78, 5) is 10.6. The van der Waals surface area contributed by atoms with Crippen molar-refractivity contribution in [2.45, 2.75) is 32.2 Å². The summed E-state index contributed by atoms with van der Waals surface area (Å²) in [6, 6.07) is 0.213. The molecule has 1 aliphatic rings. The predicted octanol–water partition coefficient (Wildman–Crippen LogP) is 0.557. The van der Waals surface area contributed by atoms with Gasteiger partial charge in [0.2, 0.25) is 5.95 Å². The Kier molecular flexibility index (Phi) is 3.86. The van der Waals surface area contributed by atoms with Gasteiger partial charge in [-0.2, -0.15) is 4.98 Å². The van der Waals surface area contributed by atoms with Crippen molar-refractivity contribution in [3.8, 4) is 5.75 Å². The van der Waals surface area contributed by atoms with Gasteiger partial charge in [-0.1, -0.05) is 13.3 Å². The van der Waals surface area contributed by atoms with Gasteiger partial charge in [0.15, 0.2) is 11.6 Å². The van der Waals surface area contributed by atoms with E-state index in [9.17, 15) is 0 Å². The number of methoxy groups -OCH3 is 1. The Labute approximate surface area is 107 Å². The van der Waals surface area contributed by atoms with Gasteiger partial charge in [0.05, 0.1) is 12.8 Å². The van der Waals surface area contributed by atoms with Crippen LogP contribution in [-0.2, 0) is 6.42 Å². The van der Waals surface area contributed by atoms with Crippen LogP contribution in [0, 0.1) is 0 Å². The number of hydrogen-bond acceptors (Lipinski definition) is 6. The van der Waals surface area contributed by atoms with Crippen molar-refractivity contribution >= 4 is 11.8 Å². The number of nitrogens with two attached hydrogens (primary N) is 2. The van der Waals surface area contributed by atoms with Crippen molar-refractivity contribution in [2.75, 3.05) is 30.8 Å². The lowest BCUT2D eigenvalue weighted by molar-refractivity contribution is 0.397. The van der Waals surface area contributed by atoms with Gasteiger partial charge in [-0.25, -0.2) is 4.98 Å². The van der Waals surface area contributed by atoms with Crippen molar-refractivity contribution in [1.82, 2.24) is 9.97 Å². The number of hydrogen-bond donors (Lipinski definition) is 2. The highest BCUT2D eigenvalue weighted by Gasteiger charge is 2.28. The van der Waals surface area contributed by atoms with E-state index in [-0.39, 0.29) is 6.04 Å². The normalized spacial score (nSPS) is 15.6. The van der Waals surface area contributed by atoms with Crippen LogP contribution >= 0.6 is 0 Å². The first-order valence-corrected chi connectivity index (χ1v) is 6.36. The average molecular weight is 251 g/mol. The van der Waals surface area contributed by atoms with Gasteiger partial charge >= 0.3 is 0 Å². The molecule has 0 radical (unpaired) electrons. The Morgan fingerprint density at radius 1 is 1.39 bits per heavy atom. The second-order valence-corrected chi connectivity index (χ2v) is 4.65. The summed E-state index contributed by atoms with van der Waals surface area (Å²) in [5.74, 6) is 1.82. The maximum Gasteiger partial charge on any atom is 0.222 e. The molecule has 1 fully saturated rings. The molecular weight excluding hydrogens is 230 g/mol. The van der Waals surface area contributed by atoms with Crippen molar-refractivity contribution < 1.29 is 4.74 Å². The Hall–Kier alpha value is -1.56. The second kappa shape index (κ2) is 5.39. The molecule has 4 N–H and O–H groups in total. The third kappa shape index (κ3) is 2.48. The lowest BCUT2D eigenvalue weighted by Gasteiger charge is -2.38. The summed E-state index contributed by atoms with van der Waals surface area (Å²) in [6.45, 7) is 3.73. The van der Waals surface area contributed by atoms with Gasteiger partial charge in [-0.15, -0.1) is 0 Å². The minimum absolute atomic E-state index is 0.213. The highest BCUT2D eigenvalue weighted by molar-refractivity contribution is 5.59. The number of anilines is 2. The van der Waals surface area contributed by atoms with Crippen molar-refractivity contribution in [1.29, 1.82) is 0 Å². The first-order chi connectivity index (χ1) is 8.65. The summed E-state index contributed by atoms with van der Waals surface area (Å²) >= 11 is 0. The molecule has 1 aromatic rings. The topological polar surface area (TPSA) is 90.3 Å². The summed E-state index contributed by atoms with van der Waals surface area (Å²) < 4.78 is 5.46. The van der Waals surface area contributed by atoms with Crippen LogP contribution in [0.2, 0.25) is 0 Å². The minimum Gasteiger partial charge on any atom is -0.491 e. The van der Waals surface area contributed by atoms with Gasteiger partial charge in [-0.3, -0.25) is 0 Å². The highest BCUT2D eigenvalue weighted by atomic mass is 16.5. The number of aryl methyl sites for hydroxylation is 1. The van der Waals surface area contributed by atoms with Crippen molar-refractivity contribution in [2.24, 2.45) is 5.73 Å². The third-order valence-corrected chi connectivity index (χ3v) is 3.12. The molecule has 6 nitrogen and oxygen atoms in total. The maximum absolute atomic E-state index is 5.80. The Bertz CT molecular complexity index is 417. The molecule has 2 rings (SSSR count). The van der Waals surface area contributed by atoms with Crippen LogP contribution < -0.4 is 21.1 Å². The summed E-state index contributed by atoms with van der Waals surface area (Å²) in [5, 5.41) is 0. The van der Waals surface area contributed by atoms with Crippen LogP contribution in [0.4, 0.5) is 11.8 Å². The van der Waals surface area contributed by atoms with Crippen molar-refractivity contribution in [3.63, 3.8) is 0 Å². The van der Waals surface area contributed by atoms with Crippen LogP contribution in [0.3, 0.4) is 0 Å². The average Bonchev–Trinajstić information content (AvgIpc) is 2.31. The number of aromatic nitrogens is 2. The Morgan fingerprint density at radius 2 is 2.11 bits per heavy atom. The van der Waals surface area contributed by atoms with E-state index in [0.717, 1.165) is 49.6 Å². The highest BCUT2D eigenvalue weighted by Crippen LogP contribution is 2.33. The van der Waals surface area contributed by atoms with Crippen LogP contribution in [-0.4, -0.2) is 36.2 Å². The van der Waals surface area contributed by atoms with Crippen LogP contribution in [0.25, 0.3) is 0 Å². The first-order valence-electron chi connectivity index (χ1n) is 6.36. The smallest absolute Gasteiger partial charge is 0.222 e. The first kappa shape index (κ1) is 12.9. The molecule has 0 atom stereocenters. The van der Waals surface area contributed by atoms with Gasteiger partial charge in [0, 0.05) is 19.1 Å². The second-order valence-electron chi connectivity index (χ2n) is 4.65. The van der Waals surface area contributed by atoms with Crippen LogP contribution in [0.5, 0.6) is 5.75 Å². The van der Waals surface area contributed by atoms with Gasteiger partial charge in [-0.05, 0) is 12.8 Å². The molecule has 18 heavy (non-hydrogen) atoms. The minimum atomic E-state index is 0.213. The molecule has 0 amide bonds. The molecule has 0 saturated carbocycles. The van der Waals surface area contributed by atoms with Crippen LogP contribution in [0.1, 0.15) is 25.5 Å². The number of unbranched alkanes of at least 4 members (excludes halogenated alkanes) is 1. The monoisotopic (exact) mass is 251 g/mol. The largest absolute Gasteiger partial charge is 0.491 e. The predicted molar refractivity (Wildman–Crippen MR) is 71.8 cm³/mol. The van der Waals surface area contributed by atoms with Gasteiger partial charge < -0.3 is 21.1 Å². The Morgan fingerprint density at radius 3 is 2.67 bits per heavy atom. The number of ether oxygens (including phenoxy) is 1. The summed E-state index contributed by atoms with van der Waals surface area (Å²) in [7, 11) is 1.65. The zero-order chi connectivity index (χ0) is 13.1. The molecule has 1 aromatic heterocycles. The summed E-state index contributed by atoms with van der Waals surface area (Å²) in [5.41, 5.74) is 12.5. The fraction of sp³-hybridized carbons (Fsp3) is 0.667. The standard InChI is InChI=1S/C12H21N5O/c1-3-4-5-9-10(18-2)11(16-12(14)15-9)17-6-8(13)7-17/h8H,3-7,13H2,1-2H3,(H2,14,15,16). The molecule has 6 heteroatoms. The maximum atomic E-state index is 5.80. The Balaban J connectivity index is 2.29. The molecule has 1 saturated heterocycles. The van der Waals surface area contributed by atoms with Gasteiger partial charge in [0.1, 0.15) is 0 Å². The van der Waals surface area contributed by atoms with E-state index in [1.165, 1.54) is 0 Å². The van der Waals surface area contributed by atoms with E-state index in [0.29, 0.717) is 5.95 Å². The molecule has 0 aliphatic carbocycles. The number of nitrogen functional groups attached to an aromatic ring is 1. The number of nitrogens with zero attached hydrogens (tertiary/aromatic N) is 3. The van der Waals surface area contributed by atoms with E-state index >= 15 is 0 Å². The van der Waals surface area contributed by atoms with E-state index in [1.54, 1.807) is 7.11 Å². The van der Waals surface area contributed by atoms with E-state index in [2.05, 4.69) is 21.8 Å². The number of rotatable bonds is 5. The molecule has 100 valence electrons. The summed E-state index contributed by atoms with van der Waals surface area (Å²) in [6.07, 6.45) is 3.03. The SMILES string of the molecule is CCCCc1nc(N)nc(N2CC(N)C2)c1OC. The van der Waals surface area contributed by atoms with Gasteiger partial charge in [0.25, 0.3) is 0 Å². The molecule has 1 aliphatic heterocycles. The lowest BCUT2D eigenvalue weighted by Crippen LogP contribution is -2.56. The van der Waals surface area contributed by atoms with Crippen LogP contribution in [0.15, 0.2) is 0 Å². The van der Waals surface area contributed by atoms with E-state index in [4.69, 9.17) is 16.2 Å². The fourth-order valence-corrected chi connectivity index (χ4v) is 2.13. The zero-order valence-corrected chi connectivity index (χ0v) is 11.0. The quantitative estimate of drug-likeness (QED) is 0.794. The van der Waals surface area contributed by atoms with Crippen molar-refractivity contribution in [3.05, 3.63) is 5.69 Å². The third-order valence-electron chi connectivity index (χ3n) is 3.12. The molecular formula is C12H21N5O.